The summed E-state index contributed by atoms with van der Waals surface area (Å²) in [6, 6.07) is 6.41. The van der Waals surface area contributed by atoms with Crippen molar-refractivity contribution >= 4 is 23.2 Å². The summed E-state index contributed by atoms with van der Waals surface area (Å²) in [4.78, 5) is 28.8. The summed E-state index contributed by atoms with van der Waals surface area (Å²) in [7, 11) is 2.50. The molecule has 4 rings (SSSR count). The second-order valence-corrected chi connectivity index (χ2v) is 9.17. The van der Waals surface area contributed by atoms with E-state index in [-0.39, 0.29) is 24.5 Å². The number of anilines is 2. The predicted octanol–water partition coefficient (Wildman–Crippen LogP) is -3.34. The van der Waals surface area contributed by atoms with Crippen LogP contribution < -0.4 is 9.80 Å². The Hall–Kier alpha value is -2.24. The molecule has 10 atom stereocenters. The van der Waals surface area contributed by atoms with Crippen LogP contribution in [0, 0.1) is 0 Å². The average molecular weight is 529 g/mol. The maximum atomic E-state index is 13.2. The molecule has 37 heavy (non-hydrogen) atoms. The number of hydrogen-bond acceptors (Lipinski definition) is 12. The SMILES string of the molecule is CO[C@H]1[C@H](O)[C@@H](CN2C(=O)CC(=O)N(C[C@H]3OC(O)[C@H](O)[C@@H](OC)[C@@H]3O)c3ccccc32)OC(O)[C@@H]1O. The Kier molecular flexibility index (Phi) is 8.45. The summed E-state index contributed by atoms with van der Waals surface area (Å²) in [6.45, 7) is -0.554. The van der Waals surface area contributed by atoms with E-state index in [1.165, 1.54) is 24.0 Å². The number of amides is 2. The highest BCUT2D eigenvalue weighted by molar-refractivity contribution is 6.15. The van der Waals surface area contributed by atoms with Gasteiger partial charge in [0.2, 0.25) is 11.8 Å². The van der Waals surface area contributed by atoms with Crippen molar-refractivity contribution in [3.8, 4) is 0 Å². The zero-order valence-electron chi connectivity index (χ0n) is 20.2. The Morgan fingerprint density at radius 3 is 1.46 bits per heavy atom. The summed E-state index contributed by atoms with van der Waals surface area (Å²) in [5, 5.41) is 61.5. The Bertz CT molecular complexity index is 906. The van der Waals surface area contributed by atoms with E-state index in [9.17, 15) is 40.2 Å². The summed E-state index contributed by atoms with van der Waals surface area (Å²) < 4.78 is 20.9. The molecule has 14 heteroatoms. The zero-order valence-corrected chi connectivity index (χ0v) is 20.2. The molecule has 3 heterocycles. The number of aliphatic hydroxyl groups is 6. The van der Waals surface area contributed by atoms with Crippen LogP contribution in [0.4, 0.5) is 11.4 Å². The van der Waals surface area contributed by atoms with E-state index in [1.807, 2.05) is 0 Å². The van der Waals surface area contributed by atoms with E-state index >= 15 is 0 Å². The van der Waals surface area contributed by atoms with Gasteiger partial charge in [0, 0.05) is 14.2 Å². The fraction of sp³-hybridized carbons (Fsp3) is 0.652. The maximum Gasteiger partial charge on any atom is 0.236 e. The van der Waals surface area contributed by atoms with Gasteiger partial charge in [-0.15, -0.1) is 0 Å². The van der Waals surface area contributed by atoms with Crippen molar-refractivity contribution in [3.63, 3.8) is 0 Å². The van der Waals surface area contributed by atoms with Gasteiger partial charge < -0.3 is 59.4 Å². The highest BCUT2D eigenvalue weighted by Gasteiger charge is 2.48. The molecule has 3 aliphatic rings. The molecule has 206 valence electrons. The number of nitrogens with zero attached hydrogens (tertiary/aromatic N) is 2. The fourth-order valence-corrected chi connectivity index (χ4v) is 4.96. The molecular weight excluding hydrogens is 496 g/mol. The van der Waals surface area contributed by atoms with Gasteiger partial charge in [0.15, 0.2) is 12.6 Å². The van der Waals surface area contributed by atoms with Gasteiger partial charge in [-0.2, -0.15) is 0 Å². The second-order valence-electron chi connectivity index (χ2n) is 9.17. The van der Waals surface area contributed by atoms with Crippen molar-refractivity contribution < 1.29 is 59.2 Å². The Balaban J connectivity index is 1.62. The predicted molar refractivity (Wildman–Crippen MR) is 123 cm³/mol. The van der Waals surface area contributed by atoms with Gasteiger partial charge >= 0.3 is 0 Å². The first kappa shape index (κ1) is 27.8. The van der Waals surface area contributed by atoms with Gasteiger partial charge in [-0.1, -0.05) is 12.1 Å². The number of para-hydroxylation sites is 2. The molecule has 3 aliphatic heterocycles. The van der Waals surface area contributed by atoms with E-state index in [1.54, 1.807) is 24.3 Å². The number of benzene rings is 1. The minimum Gasteiger partial charge on any atom is -0.388 e. The minimum absolute atomic E-state index is 0.276. The number of rotatable bonds is 6. The Labute approximate surface area is 212 Å². The molecule has 2 unspecified atom stereocenters. The quantitative estimate of drug-likeness (QED) is 0.201. The molecule has 2 saturated heterocycles. The van der Waals surface area contributed by atoms with E-state index in [0.717, 1.165) is 0 Å². The highest BCUT2D eigenvalue weighted by atomic mass is 16.6. The van der Waals surface area contributed by atoms with Crippen LogP contribution in [0.25, 0.3) is 0 Å². The molecule has 0 aromatic heterocycles. The molecule has 1 aromatic carbocycles. The monoisotopic (exact) mass is 528 g/mol. The molecule has 6 N–H and O–H groups in total. The van der Waals surface area contributed by atoms with Crippen molar-refractivity contribution in [2.75, 3.05) is 37.1 Å². The highest BCUT2D eigenvalue weighted by Crippen LogP contribution is 2.36. The summed E-state index contributed by atoms with van der Waals surface area (Å²) in [5.41, 5.74) is 0.552. The minimum atomic E-state index is -1.67. The molecule has 0 spiro atoms. The van der Waals surface area contributed by atoms with Crippen LogP contribution in [-0.2, 0) is 28.5 Å². The molecule has 0 saturated carbocycles. The average Bonchev–Trinajstić information content (AvgIpc) is 2.96. The molecule has 2 fully saturated rings. The van der Waals surface area contributed by atoms with Gasteiger partial charge in [-0.3, -0.25) is 9.59 Å². The topological polar surface area (TPSA) is 199 Å². The van der Waals surface area contributed by atoms with Crippen LogP contribution in [0.1, 0.15) is 6.42 Å². The number of ether oxygens (including phenoxy) is 4. The lowest BCUT2D eigenvalue weighted by Gasteiger charge is -2.42. The largest absolute Gasteiger partial charge is 0.388 e. The lowest BCUT2D eigenvalue weighted by Crippen LogP contribution is -2.61. The third-order valence-electron chi connectivity index (χ3n) is 6.96. The number of fused-ring (bicyclic) bond motifs is 1. The van der Waals surface area contributed by atoms with Crippen molar-refractivity contribution in [1.82, 2.24) is 0 Å². The zero-order chi connectivity index (χ0) is 27.0. The number of carbonyl (C=O) groups is 2. The first-order valence-corrected chi connectivity index (χ1v) is 11.7. The third-order valence-corrected chi connectivity index (χ3v) is 6.96. The molecule has 14 nitrogen and oxygen atoms in total. The first-order valence-electron chi connectivity index (χ1n) is 11.7. The van der Waals surface area contributed by atoms with Crippen LogP contribution in [-0.4, -0.2) is 131 Å². The lowest BCUT2D eigenvalue weighted by atomic mass is 9.97. The molecule has 2 amide bonds. The molecule has 0 bridgehead atoms. The van der Waals surface area contributed by atoms with Crippen LogP contribution in [0.2, 0.25) is 0 Å². The van der Waals surface area contributed by atoms with Gasteiger partial charge in [-0.25, -0.2) is 0 Å². The van der Waals surface area contributed by atoms with Crippen molar-refractivity contribution in [3.05, 3.63) is 24.3 Å². The first-order chi connectivity index (χ1) is 17.6. The van der Waals surface area contributed by atoms with Gasteiger partial charge in [-0.05, 0) is 12.1 Å². The van der Waals surface area contributed by atoms with Crippen LogP contribution in [0.3, 0.4) is 0 Å². The lowest BCUT2D eigenvalue weighted by molar-refractivity contribution is -0.283. The molecular formula is C23H32N2O12. The number of carbonyl (C=O) groups excluding carboxylic acids is 2. The third kappa shape index (κ3) is 5.22. The normalized spacial score (nSPS) is 38.9. The van der Waals surface area contributed by atoms with Crippen LogP contribution >= 0.6 is 0 Å². The number of methoxy groups -OCH3 is 2. The molecule has 0 aliphatic carbocycles. The maximum absolute atomic E-state index is 13.2. The standard InChI is InChI=1S/C23H32N2O12/c1-34-20-16(28)12(36-22(32)18(20)30)8-24-10-5-3-4-6-11(10)25(15(27)7-14(24)26)9-13-17(29)21(35-2)19(31)23(33)37-13/h3-6,12-13,16-23,28-33H,7-9H2,1-2H3/t12-,13-,16-,17-,18-,19-,20+,21+,22?,23?/m1/s1. The molecule has 1 aromatic rings. The van der Waals surface area contributed by atoms with Crippen LogP contribution in [0.15, 0.2) is 24.3 Å². The van der Waals surface area contributed by atoms with Crippen molar-refractivity contribution in [1.29, 1.82) is 0 Å². The fourth-order valence-electron chi connectivity index (χ4n) is 4.96. The summed E-state index contributed by atoms with van der Waals surface area (Å²) in [5.74, 6) is -1.25. The van der Waals surface area contributed by atoms with Gasteiger partial charge in [0.05, 0.1) is 24.5 Å². The summed E-state index contributed by atoms with van der Waals surface area (Å²) in [6.07, 6.45) is -14.4. The Morgan fingerprint density at radius 1 is 0.730 bits per heavy atom. The van der Waals surface area contributed by atoms with Gasteiger partial charge in [0.25, 0.3) is 0 Å². The summed E-state index contributed by atoms with van der Waals surface area (Å²) >= 11 is 0. The van der Waals surface area contributed by atoms with E-state index in [4.69, 9.17) is 18.9 Å². The second kappa shape index (κ2) is 11.2. The van der Waals surface area contributed by atoms with E-state index < -0.39 is 79.6 Å². The van der Waals surface area contributed by atoms with E-state index in [0.29, 0.717) is 0 Å². The number of aliphatic hydroxyl groups excluding tert-OH is 6. The van der Waals surface area contributed by atoms with Gasteiger partial charge in [0.1, 0.15) is 55.3 Å². The van der Waals surface area contributed by atoms with Crippen molar-refractivity contribution in [2.24, 2.45) is 0 Å². The molecule has 0 radical (unpaired) electrons. The smallest absolute Gasteiger partial charge is 0.236 e. The number of hydrogen-bond donors (Lipinski definition) is 6. The Morgan fingerprint density at radius 2 is 1.11 bits per heavy atom. The van der Waals surface area contributed by atoms with Crippen molar-refractivity contribution in [2.45, 2.75) is 67.8 Å². The van der Waals surface area contributed by atoms with E-state index in [2.05, 4.69) is 0 Å². The van der Waals surface area contributed by atoms with Crippen LogP contribution in [0.5, 0.6) is 0 Å².